The highest BCUT2D eigenvalue weighted by Gasteiger charge is 2.27. The average Bonchev–Trinajstić information content (AvgIpc) is 2.55. The number of ketones is 1. The second kappa shape index (κ2) is 6.39. The summed E-state index contributed by atoms with van der Waals surface area (Å²) in [4.78, 5) is 28.9. The summed E-state index contributed by atoms with van der Waals surface area (Å²) in [5.41, 5.74) is 0.349. The van der Waals surface area contributed by atoms with Gasteiger partial charge in [-0.2, -0.15) is 8.78 Å². The number of alkyl halides is 2. The standard InChI is InChI=1S/C17H18F2N2O3/c1-9-7-12(10(2)22)14-13(8-9)16(23)21(17(18)19)15(20-14)11-3-5-24-6-4-11/h7-8,11,17H,3-6H2,1-2H3. The van der Waals surface area contributed by atoms with E-state index in [1.807, 2.05) is 0 Å². The normalized spacial score (nSPS) is 16.0. The van der Waals surface area contributed by atoms with E-state index in [2.05, 4.69) is 4.98 Å². The number of carbonyl (C=O) groups is 1. The molecule has 128 valence electrons. The number of fused-ring (bicyclic) bond motifs is 1. The van der Waals surface area contributed by atoms with Crippen molar-refractivity contribution in [1.29, 1.82) is 0 Å². The van der Waals surface area contributed by atoms with Crippen LogP contribution < -0.4 is 5.56 Å². The molecule has 0 aliphatic carbocycles. The number of ether oxygens (including phenoxy) is 1. The van der Waals surface area contributed by atoms with Gasteiger partial charge in [-0.15, -0.1) is 0 Å². The monoisotopic (exact) mass is 336 g/mol. The number of benzene rings is 1. The molecule has 0 amide bonds. The summed E-state index contributed by atoms with van der Waals surface area (Å²) >= 11 is 0. The Kier molecular flexibility index (Phi) is 4.45. The highest BCUT2D eigenvalue weighted by Crippen LogP contribution is 2.29. The molecular weight excluding hydrogens is 318 g/mol. The van der Waals surface area contributed by atoms with Gasteiger partial charge >= 0.3 is 6.55 Å². The van der Waals surface area contributed by atoms with E-state index < -0.39 is 12.1 Å². The molecule has 24 heavy (non-hydrogen) atoms. The fourth-order valence-corrected chi connectivity index (χ4v) is 3.17. The first-order valence-corrected chi connectivity index (χ1v) is 7.83. The van der Waals surface area contributed by atoms with Gasteiger partial charge in [-0.3, -0.25) is 9.59 Å². The number of aryl methyl sites for hydroxylation is 1. The minimum Gasteiger partial charge on any atom is -0.381 e. The number of nitrogens with zero attached hydrogens (tertiary/aromatic N) is 2. The third kappa shape index (κ3) is 2.84. The number of halogens is 2. The van der Waals surface area contributed by atoms with Crippen LogP contribution in [0.4, 0.5) is 8.78 Å². The molecule has 0 spiro atoms. The first-order valence-electron chi connectivity index (χ1n) is 7.83. The number of aromatic nitrogens is 2. The molecule has 1 aliphatic rings. The largest absolute Gasteiger partial charge is 0.381 e. The van der Waals surface area contributed by atoms with Gasteiger partial charge in [0.1, 0.15) is 5.82 Å². The molecule has 2 aromatic rings. The van der Waals surface area contributed by atoms with E-state index in [9.17, 15) is 18.4 Å². The Morgan fingerprint density at radius 1 is 1.33 bits per heavy atom. The molecule has 0 bridgehead atoms. The van der Waals surface area contributed by atoms with E-state index in [0.717, 1.165) is 0 Å². The van der Waals surface area contributed by atoms with E-state index >= 15 is 0 Å². The Morgan fingerprint density at radius 3 is 2.58 bits per heavy atom. The van der Waals surface area contributed by atoms with Gasteiger partial charge in [-0.25, -0.2) is 9.55 Å². The lowest BCUT2D eigenvalue weighted by atomic mass is 9.98. The zero-order valence-corrected chi connectivity index (χ0v) is 13.5. The summed E-state index contributed by atoms with van der Waals surface area (Å²) in [5.74, 6) is -0.494. The fourth-order valence-electron chi connectivity index (χ4n) is 3.17. The quantitative estimate of drug-likeness (QED) is 0.808. The Hall–Kier alpha value is -2.15. The van der Waals surface area contributed by atoms with Gasteiger partial charge in [-0.05, 0) is 44.4 Å². The van der Waals surface area contributed by atoms with Crippen LogP contribution in [0.3, 0.4) is 0 Å². The molecule has 2 heterocycles. The van der Waals surface area contributed by atoms with Crippen molar-refractivity contribution in [3.63, 3.8) is 0 Å². The summed E-state index contributed by atoms with van der Waals surface area (Å²) < 4.78 is 32.8. The average molecular weight is 336 g/mol. The third-order valence-electron chi connectivity index (χ3n) is 4.34. The second-order valence-electron chi connectivity index (χ2n) is 6.07. The van der Waals surface area contributed by atoms with Crippen LogP contribution in [-0.4, -0.2) is 28.5 Å². The van der Waals surface area contributed by atoms with Crippen LogP contribution in [-0.2, 0) is 4.74 Å². The highest BCUT2D eigenvalue weighted by atomic mass is 19.3. The molecule has 1 aliphatic heterocycles. The Bertz CT molecular complexity index is 855. The third-order valence-corrected chi connectivity index (χ3v) is 4.34. The maximum atomic E-state index is 13.6. The Morgan fingerprint density at radius 2 is 2.00 bits per heavy atom. The molecule has 1 aromatic heterocycles. The van der Waals surface area contributed by atoms with Crippen LogP contribution in [0.25, 0.3) is 10.9 Å². The minimum absolute atomic E-state index is 0.0390. The molecule has 5 nitrogen and oxygen atoms in total. The predicted molar refractivity (Wildman–Crippen MR) is 84.8 cm³/mol. The lowest BCUT2D eigenvalue weighted by molar-refractivity contribution is 0.0503. The topological polar surface area (TPSA) is 61.2 Å². The van der Waals surface area contributed by atoms with Crippen molar-refractivity contribution in [1.82, 2.24) is 9.55 Å². The molecule has 7 heteroatoms. The number of hydrogen-bond donors (Lipinski definition) is 0. The highest BCUT2D eigenvalue weighted by molar-refractivity contribution is 6.05. The van der Waals surface area contributed by atoms with Crippen LogP contribution in [0.15, 0.2) is 16.9 Å². The lowest BCUT2D eigenvalue weighted by Gasteiger charge is -2.24. The van der Waals surface area contributed by atoms with Gasteiger partial charge in [0.2, 0.25) is 0 Å². The van der Waals surface area contributed by atoms with E-state index in [1.54, 1.807) is 13.0 Å². The summed E-state index contributed by atoms with van der Waals surface area (Å²) in [6, 6.07) is 3.14. The van der Waals surface area contributed by atoms with Crippen molar-refractivity contribution in [2.75, 3.05) is 13.2 Å². The van der Waals surface area contributed by atoms with E-state index in [4.69, 9.17) is 4.74 Å². The second-order valence-corrected chi connectivity index (χ2v) is 6.07. The van der Waals surface area contributed by atoms with Gasteiger partial charge in [0, 0.05) is 24.7 Å². The molecule has 0 saturated carbocycles. The summed E-state index contributed by atoms with van der Waals surface area (Å²) in [6.07, 6.45) is 1.04. The van der Waals surface area contributed by atoms with Gasteiger partial charge in [0.25, 0.3) is 5.56 Å². The van der Waals surface area contributed by atoms with Gasteiger partial charge in [-0.1, -0.05) is 0 Å². The molecule has 0 N–H and O–H groups in total. The minimum atomic E-state index is -2.98. The van der Waals surface area contributed by atoms with E-state index in [0.29, 0.717) is 36.2 Å². The smallest absolute Gasteiger partial charge is 0.322 e. The van der Waals surface area contributed by atoms with Crippen LogP contribution in [0, 0.1) is 6.92 Å². The predicted octanol–water partition coefficient (Wildman–Crippen LogP) is 3.20. The van der Waals surface area contributed by atoms with Gasteiger partial charge in [0.05, 0.1) is 10.9 Å². The maximum Gasteiger partial charge on any atom is 0.322 e. The van der Waals surface area contributed by atoms with Crippen LogP contribution in [0.5, 0.6) is 0 Å². The van der Waals surface area contributed by atoms with Crippen LogP contribution in [0.2, 0.25) is 0 Å². The Labute approximate surface area is 137 Å². The van der Waals surface area contributed by atoms with Gasteiger partial charge in [0.15, 0.2) is 5.78 Å². The van der Waals surface area contributed by atoms with Crippen molar-refractivity contribution in [3.05, 3.63) is 39.4 Å². The maximum absolute atomic E-state index is 13.6. The summed E-state index contributed by atoms with van der Waals surface area (Å²) in [5, 5.41) is 0.0521. The zero-order valence-electron chi connectivity index (χ0n) is 13.5. The molecule has 1 saturated heterocycles. The molecule has 0 unspecified atom stereocenters. The molecule has 1 fully saturated rings. The number of rotatable bonds is 3. The summed E-state index contributed by atoms with van der Waals surface area (Å²) in [7, 11) is 0. The first-order chi connectivity index (χ1) is 11.4. The van der Waals surface area contributed by atoms with Crippen molar-refractivity contribution in [2.45, 2.75) is 39.2 Å². The molecular formula is C17H18F2N2O3. The van der Waals surface area contributed by atoms with Crippen molar-refractivity contribution >= 4 is 16.7 Å². The number of Topliss-reactive ketones (excluding diaryl/α,β-unsaturated/α-hetero) is 1. The molecule has 3 rings (SSSR count). The number of hydrogen-bond acceptors (Lipinski definition) is 4. The van der Waals surface area contributed by atoms with Crippen LogP contribution >= 0.6 is 0 Å². The van der Waals surface area contributed by atoms with Gasteiger partial charge < -0.3 is 4.74 Å². The molecule has 0 radical (unpaired) electrons. The van der Waals surface area contributed by atoms with Crippen molar-refractivity contribution < 1.29 is 18.3 Å². The lowest BCUT2D eigenvalue weighted by Crippen LogP contribution is -2.30. The summed E-state index contributed by atoms with van der Waals surface area (Å²) in [6.45, 7) is 0.992. The fraction of sp³-hybridized carbons (Fsp3) is 0.471. The van der Waals surface area contributed by atoms with Crippen molar-refractivity contribution in [3.8, 4) is 0 Å². The zero-order chi connectivity index (χ0) is 17.4. The van der Waals surface area contributed by atoms with Crippen LogP contribution in [0.1, 0.15) is 54.0 Å². The molecule has 0 atom stereocenters. The van der Waals surface area contributed by atoms with Crippen molar-refractivity contribution in [2.24, 2.45) is 0 Å². The first kappa shape index (κ1) is 16.7. The Balaban J connectivity index is 2.35. The molecule has 1 aromatic carbocycles. The van der Waals surface area contributed by atoms with E-state index in [1.165, 1.54) is 13.0 Å². The SMILES string of the molecule is CC(=O)c1cc(C)cc2c(=O)n(C(F)F)c(C3CCOCC3)nc12. The number of carbonyl (C=O) groups excluding carboxylic acids is 1. The van der Waals surface area contributed by atoms with E-state index in [-0.39, 0.29) is 34.0 Å².